The quantitative estimate of drug-likeness (QED) is 0.768. The fourth-order valence-corrected chi connectivity index (χ4v) is 1.59. The molecule has 80 valence electrons. The average Bonchev–Trinajstić information content (AvgIpc) is 2.51. The molecule has 0 amide bonds. The molecule has 0 spiro atoms. The van der Waals surface area contributed by atoms with Gasteiger partial charge < -0.3 is 14.6 Å². The van der Waals surface area contributed by atoms with Gasteiger partial charge in [-0.05, 0) is 13.8 Å². The van der Waals surface area contributed by atoms with E-state index in [4.69, 9.17) is 4.74 Å². The standard InChI is InChI=1S/C10H19N3O/c1-8(7-14-4)12-9(2)10-11-5-6-13(10)3/h5-6,8-9,12H,7H2,1-4H3. The Labute approximate surface area is 85.3 Å². The van der Waals surface area contributed by atoms with E-state index in [0.717, 1.165) is 12.4 Å². The predicted molar refractivity (Wildman–Crippen MR) is 56.1 cm³/mol. The topological polar surface area (TPSA) is 39.1 Å². The van der Waals surface area contributed by atoms with Crippen molar-refractivity contribution < 1.29 is 4.74 Å². The zero-order valence-corrected chi connectivity index (χ0v) is 9.32. The second-order valence-corrected chi connectivity index (χ2v) is 3.64. The van der Waals surface area contributed by atoms with Gasteiger partial charge in [0.05, 0.1) is 12.6 Å². The van der Waals surface area contributed by atoms with E-state index in [1.165, 1.54) is 0 Å². The fraction of sp³-hybridized carbons (Fsp3) is 0.700. The van der Waals surface area contributed by atoms with E-state index in [9.17, 15) is 0 Å². The highest BCUT2D eigenvalue weighted by Gasteiger charge is 2.12. The summed E-state index contributed by atoms with van der Waals surface area (Å²) in [7, 11) is 3.71. The summed E-state index contributed by atoms with van der Waals surface area (Å²) in [6.45, 7) is 4.92. The van der Waals surface area contributed by atoms with Crippen LogP contribution in [0.2, 0.25) is 0 Å². The summed E-state index contributed by atoms with van der Waals surface area (Å²) in [5.74, 6) is 1.05. The van der Waals surface area contributed by atoms with Crippen LogP contribution in [0.4, 0.5) is 0 Å². The maximum absolute atomic E-state index is 5.06. The molecule has 4 heteroatoms. The third-order valence-corrected chi connectivity index (χ3v) is 2.20. The van der Waals surface area contributed by atoms with Crippen molar-refractivity contribution in [2.75, 3.05) is 13.7 Å². The maximum Gasteiger partial charge on any atom is 0.125 e. The van der Waals surface area contributed by atoms with Crippen molar-refractivity contribution in [3.8, 4) is 0 Å². The molecule has 1 rings (SSSR count). The van der Waals surface area contributed by atoms with Gasteiger partial charge in [0, 0.05) is 32.6 Å². The normalized spacial score (nSPS) is 15.4. The Kier molecular flexibility index (Phi) is 4.10. The van der Waals surface area contributed by atoms with E-state index >= 15 is 0 Å². The van der Waals surface area contributed by atoms with Crippen molar-refractivity contribution >= 4 is 0 Å². The highest BCUT2D eigenvalue weighted by molar-refractivity contribution is 4.97. The lowest BCUT2D eigenvalue weighted by Crippen LogP contribution is -2.33. The van der Waals surface area contributed by atoms with E-state index in [2.05, 4.69) is 24.1 Å². The summed E-state index contributed by atoms with van der Waals surface area (Å²) in [5.41, 5.74) is 0. The molecule has 0 aliphatic carbocycles. The van der Waals surface area contributed by atoms with Crippen LogP contribution in [0, 0.1) is 0 Å². The SMILES string of the molecule is COCC(C)NC(C)c1nccn1C. The summed E-state index contributed by atoms with van der Waals surface area (Å²) >= 11 is 0. The van der Waals surface area contributed by atoms with Gasteiger partial charge in [-0.3, -0.25) is 0 Å². The Morgan fingerprint density at radius 2 is 2.29 bits per heavy atom. The van der Waals surface area contributed by atoms with Crippen molar-refractivity contribution in [3.05, 3.63) is 18.2 Å². The first-order valence-corrected chi connectivity index (χ1v) is 4.87. The molecule has 14 heavy (non-hydrogen) atoms. The molecule has 2 unspecified atom stereocenters. The van der Waals surface area contributed by atoms with Gasteiger partial charge in [0.2, 0.25) is 0 Å². The first-order valence-electron chi connectivity index (χ1n) is 4.87. The monoisotopic (exact) mass is 197 g/mol. The van der Waals surface area contributed by atoms with Crippen LogP contribution in [0.25, 0.3) is 0 Å². The van der Waals surface area contributed by atoms with Gasteiger partial charge in [-0.15, -0.1) is 0 Å². The second-order valence-electron chi connectivity index (χ2n) is 3.64. The minimum Gasteiger partial charge on any atom is -0.383 e. The molecule has 1 heterocycles. The van der Waals surface area contributed by atoms with Gasteiger partial charge in [-0.2, -0.15) is 0 Å². The molecule has 0 bridgehead atoms. The van der Waals surface area contributed by atoms with Crippen LogP contribution in [0.5, 0.6) is 0 Å². The lowest BCUT2D eigenvalue weighted by atomic mass is 10.2. The van der Waals surface area contributed by atoms with Gasteiger partial charge in [0.15, 0.2) is 0 Å². The van der Waals surface area contributed by atoms with Crippen LogP contribution in [0.1, 0.15) is 25.7 Å². The van der Waals surface area contributed by atoms with Gasteiger partial charge in [0.25, 0.3) is 0 Å². The van der Waals surface area contributed by atoms with Gasteiger partial charge in [-0.1, -0.05) is 0 Å². The molecule has 1 aromatic rings. The van der Waals surface area contributed by atoms with Crippen molar-refractivity contribution in [3.63, 3.8) is 0 Å². The number of hydrogen-bond acceptors (Lipinski definition) is 3. The molecule has 0 saturated heterocycles. The number of nitrogens with one attached hydrogen (secondary N) is 1. The summed E-state index contributed by atoms with van der Waals surface area (Å²) in [5, 5.41) is 3.42. The zero-order valence-electron chi connectivity index (χ0n) is 9.32. The average molecular weight is 197 g/mol. The molecule has 0 aliphatic heterocycles. The minimum atomic E-state index is 0.250. The Balaban J connectivity index is 2.50. The zero-order chi connectivity index (χ0) is 10.6. The summed E-state index contributed by atoms with van der Waals surface area (Å²) in [6.07, 6.45) is 3.77. The maximum atomic E-state index is 5.06. The molecule has 0 fully saturated rings. The van der Waals surface area contributed by atoms with E-state index in [-0.39, 0.29) is 6.04 Å². The van der Waals surface area contributed by atoms with Crippen LogP contribution >= 0.6 is 0 Å². The van der Waals surface area contributed by atoms with Crippen LogP contribution < -0.4 is 5.32 Å². The van der Waals surface area contributed by atoms with Crippen LogP contribution in [0.15, 0.2) is 12.4 Å². The highest BCUT2D eigenvalue weighted by Crippen LogP contribution is 2.09. The summed E-state index contributed by atoms with van der Waals surface area (Å²) < 4.78 is 7.09. The smallest absolute Gasteiger partial charge is 0.125 e. The molecular weight excluding hydrogens is 178 g/mol. The second kappa shape index (κ2) is 5.12. The minimum absolute atomic E-state index is 0.250. The first kappa shape index (κ1) is 11.2. The van der Waals surface area contributed by atoms with Crippen LogP contribution in [-0.4, -0.2) is 29.3 Å². The number of imidazole rings is 1. The largest absolute Gasteiger partial charge is 0.383 e. The predicted octanol–water partition coefficient (Wildman–Crippen LogP) is 1.11. The van der Waals surface area contributed by atoms with Crippen molar-refractivity contribution in [2.45, 2.75) is 25.9 Å². The number of methoxy groups -OCH3 is 1. The summed E-state index contributed by atoms with van der Waals surface area (Å²) in [4.78, 5) is 4.29. The van der Waals surface area contributed by atoms with Crippen molar-refractivity contribution in [2.24, 2.45) is 7.05 Å². The van der Waals surface area contributed by atoms with Crippen molar-refractivity contribution in [1.82, 2.24) is 14.9 Å². The highest BCUT2D eigenvalue weighted by atomic mass is 16.5. The number of rotatable bonds is 5. The molecule has 2 atom stereocenters. The van der Waals surface area contributed by atoms with E-state index < -0.39 is 0 Å². The van der Waals surface area contributed by atoms with Gasteiger partial charge in [0.1, 0.15) is 5.82 Å². The van der Waals surface area contributed by atoms with Gasteiger partial charge in [-0.25, -0.2) is 4.98 Å². The van der Waals surface area contributed by atoms with Crippen LogP contribution in [-0.2, 0) is 11.8 Å². The molecule has 1 N–H and O–H groups in total. The lowest BCUT2D eigenvalue weighted by Gasteiger charge is -2.18. The molecular formula is C10H19N3O. The Bertz CT molecular complexity index is 272. The number of hydrogen-bond donors (Lipinski definition) is 1. The van der Waals surface area contributed by atoms with E-state index in [0.29, 0.717) is 6.04 Å². The van der Waals surface area contributed by atoms with E-state index in [1.807, 2.05) is 24.0 Å². The number of nitrogens with zero attached hydrogens (tertiary/aromatic N) is 2. The first-order chi connectivity index (χ1) is 6.65. The van der Waals surface area contributed by atoms with Gasteiger partial charge >= 0.3 is 0 Å². The number of aromatic nitrogens is 2. The molecule has 0 radical (unpaired) electrons. The Hall–Kier alpha value is -0.870. The molecule has 0 saturated carbocycles. The van der Waals surface area contributed by atoms with E-state index in [1.54, 1.807) is 7.11 Å². The third kappa shape index (κ3) is 2.82. The fourth-order valence-electron chi connectivity index (χ4n) is 1.59. The van der Waals surface area contributed by atoms with Crippen molar-refractivity contribution in [1.29, 1.82) is 0 Å². The summed E-state index contributed by atoms with van der Waals surface area (Å²) in [6, 6.07) is 0.590. The Morgan fingerprint density at radius 1 is 1.57 bits per heavy atom. The lowest BCUT2D eigenvalue weighted by molar-refractivity contribution is 0.167. The third-order valence-electron chi connectivity index (χ3n) is 2.20. The molecule has 4 nitrogen and oxygen atoms in total. The van der Waals surface area contributed by atoms with Crippen LogP contribution in [0.3, 0.4) is 0 Å². The molecule has 1 aromatic heterocycles. The number of aryl methyl sites for hydroxylation is 1. The Morgan fingerprint density at radius 3 is 2.79 bits per heavy atom. The molecule has 0 aromatic carbocycles. The molecule has 0 aliphatic rings. The number of ether oxygens (including phenoxy) is 1.